The fourth-order valence-corrected chi connectivity index (χ4v) is 5.01. The number of hydrogen-bond acceptors (Lipinski definition) is 6. The SMILES string of the molecule is C=C(C)C(=O)OCCNC(=O)OC1C2CCC(S2)C1NS(=O)O. The summed E-state index contributed by atoms with van der Waals surface area (Å²) in [5.74, 6) is -0.514. The molecule has 0 aromatic rings. The van der Waals surface area contributed by atoms with Gasteiger partial charge in [-0.25, -0.2) is 18.5 Å². The van der Waals surface area contributed by atoms with E-state index in [2.05, 4.69) is 16.6 Å². The summed E-state index contributed by atoms with van der Waals surface area (Å²) in [7, 11) is 0. The molecule has 2 saturated heterocycles. The molecule has 10 heteroatoms. The van der Waals surface area contributed by atoms with Crippen molar-refractivity contribution in [2.45, 2.75) is 42.4 Å². The predicted molar refractivity (Wildman–Crippen MR) is 86.1 cm³/mol. The third kappa shape index (κ3) is 4.93. The quantitative estimate of drug-likeness (QED) is 0.262. The lowest BCUT2D eigenvalue weighted by Crippen LogP contribution is -2.51. The van der Waals surface area contributed by atoms with Crippen LogP contribution < -0.4 is 10.0 Å². The normalized spacial score (nSPS) is 29.8. The second kappa shape index (κ2) is 8.13. The molecule has 3 N–H and O–H groups in total. The number of hydrogen-bond donors (Lipinski definition) is 3. The van der Waals surface area contributed by atoms with E-state index in [1.165, 1.54) is 6.92 Å². The van der Waals surface area contributed by atoms with Crippen LogP contribution in [0.15, 0.2) is 12.2 Å². The Hall–Kier alpha value is -1.10. The number of esters is 1. The number of carbonyl (C=O) groups is 2. The van der Waals surface area contributed by atoms with E-state index in [0.29, 0.717) is 0 Å². The Labute approximate surface area is 141 Å². The molecular weight excluding hydrogens is 344 g/mol. The standard InChI is InChI=1S/C13H20N2O6S2/c1-7(2)12(16)20-6-5-14-13(17)21-11-9-4-3-8(22-9)10(11)15-23(18)19/h8-11,15H,1,3-6H2,2H3,(H,14,17)(H,18,19). The first-order valence-corrected chi connectivity index (χ1v) is 9.23. The van der Waals surface area contributed by atoms with Crippen LogP contribution in [0.5, 0.6) is 0 Å². The van der Waals surface area contributed by atoms with Crippen molar-refractivity contribution in [2.75, 3.05) is 13.2 Å². The maximum Gasteiger partial charge on any atom is 0.407 e. The lowest BCUT2D eigenvalue weighted by molar-refractivity contribution is -0.138. The molecule has 2 fully saturated rings. The van der Waals surface area contributed by atoms with Crippen LogP contribution in [-0.2, 0) is 25.5 Å². The number of carbonyl (C=O) groups excluding carboxylic acids is 2. The van der Waals surface area contributed by atoms with Crippen molar-refractivity contribution in [1.29, 1.82) is 0 Å². The molecule has 5 unspecified atom stereocenters. The molecule has 0 aromatic heterocycles. The van der Waals surface area contributed by atoms with Crippen LogP contribution in [0.1, 0.15) is 19.8 Å². The van der Waals surface area contributed by atoms with Crippen molar-refractivity contribution in [3.63, 3.8) is 0 Å². The average molecular weight is 364 g/mol. The Kier molecular flexibility index (Phi) is 6.45. The van der Waals surface area contributed by atoms with Gasteiger partial charge in [-0.3, -0.25) is 4.55 Å². The van der Waals surface area contributed by atoms with E-state index in [1.54, 1.807) is 11.8 Å². The van der Waals surface area contributed by atoms with Gasteiger partial charge in [0, 0.05) is 16.1 Å². The minimum atomic E-state index is -2.15. The zero-order valence-corrected chi connectivity index (χ0v) is 14.3. The highest BCUT2D eigenvalue weighted by atomic mass is 32.2. The number of alkyl carbamates (subject to hydrolysis) is 1. The minimum absolute atomic E-state index is 0.0224. The van der Waals surface area contributed by atoms with Crippen molar-refractivity contribution < 1.29 is 27.8 Å². The predicted octanol–water partition coefficient (Wildman–Crippen LogP) is 0.573. The first-order chi connectivity index (χ1) is 10.9. The van der Waals surface area contributed by atoms with Gasteiger partial charge in [-0.1, -0.05) is 6.58 Å². The lowest BCUT2D eigenvalue weighted by Gasteiger charge is -2.28. The molecule has 130 valence electrons. The molecule has 23 heavy (non-hydrogen) atoms. The maximum atomic E-state index is 11.8. The Morgan fingerprint density at radius 3 is 2.74 bits per heavy atom. The van der Waals surface area contributed by atoms with E-state index in [9.17, 15) is 13.8 Å². The average Bonchev–Trinajstić information content (AvgIpc) is 3.06. The Morgan fingerprint density at radius 2 is 2.09 bits per heavy atom. The molecule has 0 aromatic carbocycles. The van der Waals surface area contributed by atoms with E-state index in [0.717, 1.165) is 12.8 Å². The van der Waals surface area contributed by atoms with E-state index < -0.39 is 29.4 Å². The fourth-order valence-electron chi connectivity index (χ4n) is 2.63. The van der Waals surface area contributed by atoms with Gasteiger partial charge in [0.1, 0.15) is 12.7 Å². The topological polar surface area (TPSA) is 114 Å². The summed E-state index contributed by atoms with van der Waals surface area (Å²) >= 11 is -0.475. The monoisotopic (exact) mass is 364 g/mol. The van der Waals surface area contributed by atoms with Gasteiger partial charge in [-0.05, 0) is 19.8 Å². The van der Waals surface area contributed by atoms with E-state index in [4.69, 9.17) is 14.0 Å². The van der Waals surface area contributed by atoms with Gasteiger partial charge >= 0.3 is 12.1 Å². The number of ether oxygens (including phenoxy) is 2. The van der Waals surface area contributed by atoms with E-state index in [1.807, 2.05) is 0 Å². The highest BCUT2D eigenvalue weighted by Gasteiger charge is 2.51. The molecule has 5 atom stereocenters. The fraction of sp³-hybridized carbons (Fsp3) is 0.692. The summed E-state index contributed by atoms with van der Waals surface area (Å²) in [6.07, 6.45) is 0.764. The smallest absolute Gasteiger partial charge is 0.407 e. The van der Waals surface area contributed by atoms with Crippen LogP contribution in [0.2, 0.25) is 0 Å². The first kappa shape index (κ1) is 18.2. The van der Waals surface area contributed by atoms with Crippen molar-refractivity contribution in [2.24, 2.45) is 0 Å². The molecule has 1 amide bonds. The molecule has 2 aliphatic rings. The molecule has 0 radical (unpaired) electrons. The van der Waals surface area contributed by atoms with E-state index >= 15 is 0 Å². The molecular formula is C13H20N2O6S2. The van der Waals surface area contributed by atoms with Gasteiger partial charge in [0.05, 0.1) is 12.6 Å². The van der Waals surface area contributed by atoms with Gasteiger partial charge in [0.2, 0.25) is 11.3 Å². The Morgan fingerprint density at radius 1 is 1.39 bits per heavy atom. The molecule has 0 spiro atoms. The molecule has 8 nitrogen and oxygen atoms in total. The molecule has 2 heterocycles. The zero-order chi connectivity index (χ0) is 17.0. The van der Waals surface area contributed by atoms with E-state index in [-0.39, 0.29) is 35.3 Å². The van der Waals surface area contributed by atoms with Crippen LogP contribution in [0, 0.1) is 0 Å². The third-order valence-electron chi connectivity index (χ3n) is 3.64. The van der Waals surface area contributed by atoms with Gasteiger partial charge < -0.3 is 14.8 Å². The number of rotatable bonds is 7. The summed E-state index contributed by atoms with van der Waals surface area (Å²) in [6.45, 7) is 5.13. The van der Waals surface area contributed by atoms with Crippen LogP contribution in [0.4, 0.5) is 4.79 Å². The van der Waals surface area contributed by atoms with Crippen molar-refractivity contribution in [3.8, 4) is 0 Å². The third-order valence-corrected chi connectivity index (χ3v) is 5.85. The molecule has 0 saturated carbocycles. The molecule has 2 aliphatic heterocycles. The Balaban J connectivity index is 1.74. The van der Waals surface area contributed by atoms with Gasteiger partial charge in [0.15, 0.2) is 0 Å². The maximum absolute atomic E-state index is 11.8. The van der Waals surface area contributed by atoms with Crippen LogP contribution >= 0.6 is 11.8 Å². The lowest BCUT2D eigenvalue weighted by atomic mass is 9.93. The van der Waals surface area contributed by atoms with Crippen LogP contribution in [0.25, 0.3) is 0 Å². The van der Waals surface area contributed by atoms with Gasteiger partial charge in [-0.2, -0.15) is 0 Å². The van der Waals surface area contributed by atoms with Gasteiger partial charge in [-0.15, -0.1) is 11.8 Å². The summed E-state index contributed by atoms with van der Waals surface area (Å²) in [6, 6.07) is -0.337. The highest BCUT2D eigenvalue weighted by molar-refractivity contribution is 8.01. The summed E-state index contributed by atoms with van der Waals surface area (Å²) < 4.78 is 32.7. The van der Waals surface area contributed by atoms with Crippen molar-refractivity contribution >= 4 is 35.1 Å². The number of amides is 1. The van der Waals surface area contributed by atoms with Crippen LogP contribution in [0.3, 0.4) is 0 Å². The first-order valence-electron chi connectivity index (χ1n) is 7.18. The molecule has 0 aliphatic carbocycles. The zero-order valence-electron chi connectivity index (χ0n) is 12.6. The van der Waals surface area contributed by atoms with Crippen molar-refractivity contribution in [3.05, 3.63) is 12.2 Å². The van der Waals surface area contributed by atoms with Gasteiger partial charge in [0.25, 0.3) is 0 Å². The number of fused-ring (bicyclic) bond motifs is 2. The van der Waals surface area contributed by atoms with Crippen molar-refractivity contribution in [1.82, 2.24) is 10.0 Å². The largest absolute Gasteiger partial charge is 0.460 e. The number of thioether (sulfide) groups is 1. The molecule has 2 bridgehead atoms. The summed E-state index contributed by atoms with van der Waals surface area (Å²) in [4.78, 5) is 23.0. The summed E-state index contributed by atoms with van der Waals surface area (Å²) in [5, 5.41) is 2.80. The summed E-state index contributed by atoms with van der Waals surface area (Å²) in [5.41, 5.74) is 0.289. The minimum Gasteiger partial charge on any atom is -0.460 e. The molecule has 2 rings (SSSR count). The number of nitrogens with one attached hydrogen (secondary N) is 2. The second-order valence-electron chi connectivity index (χ2n) is 5.40. The highest BCUT2D eigenvalue weighted by Crippen LogP contribution is 2.47. The van der Waals surface area contributed by atoms with Crippen LogP contribution in [-0.4, -0.2) is 56.6 Å². The second-order valence-corrected chi connectivity index (χ2v) is 7.61. The Bertz CT molecular complexity index is 515.